The third kappa shape index (κ3) is 5.47. The molecule has 0 aliphatic rings. The van der Waals surface area contributed by atoms with Crippen LogP contribution in [0.25, 0.3) is 0 Å². The number of anilines is 2. The molecule has 0 fully saturated rings. The highest BCUT2D eigenvalue weighted by molar-refractivity contribution is 7.92. The number of hydrogen-bond acceptors (Lipinski definition) is 5. The molecule has 0 aliphatic heterocycles. The second-order valence-corrected chi connectivity index (χ2v) is 7.70. The summed E-state index contributed by atoms with van der Waals surface area (Å²) < 4.78 is 70.2. The number of nitrogens with one attached hydrogen (secondary N) is 1. The standard InChI is InChI=1S/C18H17F3N2O5S/c1-12(24)22-14-6-8-16(9-7-14)29(26,27)23(11-17(25)28-2)15-5-3-4-13(10-15)18(19,20)21/h3-10H,11H2,1-2H3,(H,22,24). The van der Waals surface area contributed by atoms with Crippen molar-refractivity contribution in [2.24, 2.45) is 0 Å². The van der Waals surface area contributed by atoms with Crippen LogP contribution in [0, 0.1) is 0 Å². The molecule has 0 radical (unpaired) electrons. The third-order valence-corrected chi connectivity index (χ3v) is 5.51. The molecule has 156 valence electrons. The summed E-state index contributed by atoms with van der Waals surface area (Å²) in [6.07, 6.45) is -4.70. The van der Waals surface area contributed by atoms with Gasteiger partial charge in [0, 0.05) is 12.6 Å². The van der Waals surface area contributed by atoms with Crippen LogP contribution >= 0.6 is 0 Å². The number of ether oxygens (including phenoxy) is 1. The molecule has 1 N–H and O–H groups in total. The van der Waals surface area contributed by atoms with E-state index < -0.39 is 34.3 Å². The summed E-state index contributed by atoms with van der Waals surface area (Å²) in [5.74, 6) is -1.32. The molecule has 0 saturated heterocycles. The van der Waals surface area contributed by atoms with Gasteiger partial charge < -0.3 is 10.1 Å². The molecule has 2 aromatic carbocycles. The number of sulfonamides is 1. The van der Waals surface area contributed by atoms with Crippen LogP contribution < -0.4 is 9.62 Å². The van der Waals surface area contributed by atoms with Crippen molar-refractivity contribution in [1.82, 2.24) is 0 Å². The molecule has 0 bridgehead atoms. The van der Waals surface area contributed by atoms with E-state index in [9.17, 15) is 31.2 Å². The minimum atomic E-state index is -4.70. The first-order chi connectivity index (χ1) is 13.4. The second kappa shape index (κ2) is 8.52. The number of methoxy groups -OCH3 is 1. The molecule has 1 amide bonds. The first-order valence-electron chi connectivity index (χ1n) is 8.09. The van der Waals surface area contributed by atoms with Crippen molar-refractivity contribution < 1.29 is 35.9 Å². The van der Waals surface area contributed by atoms with Crippen LogP contribution in [0.4, 0.5) is 24.5 Å². The molecule has 0 saturated carbocycles. The van der Waals surface area contributed by atoms with E-state index in [1.54, 1.807) is 0 Å². The number of nitrogens with zero attached hydrogens (tertiary/aromatic N) is 1. The fourth-order valence-electron chi connectivity index (χ4n) is 2.37. The molecule has 0 aliphatic carbocycles. The Kier molecular flexibility index (Phi) is 6.52. The fourth-order valence-corrected chi connectivity index (χ4v) is 3.78. The number of alkyl halides is 3. The number of esters is 1. The lowest BCUT2D eigenvalue weighted by molar-refractivity contribution is -0.139. The number of rotatable bonds is 6. The van der Waals surface area contributed by atoms with E-state index in [2.05, 4.69) is 10.1 Å². The number of amides is 1. The van der Waals surface area contributed by atoms with E-state index >= 15 is 0 Å². The van der Waals surface area contributed by atoms with Crippen molar-refractivity contribution in [3.8, 4) is 0 Å². The van der Waals surface area contributed by atoms with Gasteiger partial charge in [-0.05, 0) is 42.5 Å². The van der Waals surface area contributed by atoms with E-state index in [1.807, 2.05) is 0 Å². The van der Waals surface area contributed by atoms with Gasteiger partial charge in [0.15, 0.2) is 0 Å². The van der Waals surface area contributed by atoms with Crippen LogP contribution in [0.5, 0.6) is 0 Å². The summed E-state index contributed by atoms with van der Waals surface area (Å²) in [5, 5.41) is 2.46. The lowest BCUT2D eigenvalue weighted by Gasteiger charge is -2.24. The minimum absolute atomic E-state index is 0.284. The highest BCUT2D eigenvalue weighted by Gasteiger charge is 2.33. The number of hydrogen-bond donors (Lipinski definition) is 1. The quantitative estimate of drug-likeness (QED) is 0.712. The predicted molar refractivity (Wildman–Crippen MR) is 98.7 cm³/mol. The minimum Gasteiger partial charge on any atom is -0.468 e. The maximum Gasteiger partial charge on any atom is 0.416 e. The Morgan fingerprint density at radius 1 is 1.10 bits per heavy atom. The van der Waals surface area contributed by atoms with E-state index in [4.69, 9.17) is 0 Å². The van der Waals surface area contributed by atoms with E-state index in [0.717, 1.165) is 25.3 Å². The van der Waals surface area contributed by atoms with Gasteiger partial charge in [0.2, 0.25) is 5.91 Å². The van der Waals surface area contributed by atoms with Crippen molar-refractivity contribution in [2.45, 2.75) is 18.0 Å². The lowest BCUT2D eigenvalue weighted by Crippen LogP contribution is -2.36. The third-order valence-electron chi connectivity index (χ3n) is 3.72. The van der Waals surface area contributed by atoms with Crippen molar-refractivity contribution in [2.75, 3.05) is 23.3 Å². The van der Waals surface area contributed by atoms with Gasteiger partial charge in [-0.3, -0.25) is 13.9 Å². The largest absolute Gasteiger partial charge is 0.468 e. The zero-order chi connectivity index (χ0) is 21.8. The number of benzene rings is 2. The van der Waals surface area contributed by atoms with E-state index in [1.165, 1.54) is 31.2 Å². The summed E-state index contributed by atoms with van der Waals surface area (Å²) in [7, 11) is -3.39. The Labute approximate surface area is 165 Å². The van der Waals surface area contributed by atoms with Gasteiger partial charge in [0.1, 0.15) is 6.54 Å². The average Bonchev–Trinajstić information content (AvgIpc) is 2.65. The van der Waals surface area contributed by atoms with Crippen LogP contribution in [0.3, 0.4) is 0 Å². The maximum atomic E-state index is 13.0. The molecule has 29 heavy (non-hydrogen) atoms. The van der Waals surface area contributed by atoms with Crippen LogP contribution in [0.15, 0.2) is 53.4 Å². The molecule has 0 unspecified atom stereocenters. The molecule has 11 heteroatoms. The first kappa shape index (κ1) is 22.2. The van der Waals surface area contributed by atoms with Crippen molar-refractivity contribution in [3.63, 3.8) is 0 Å². The number of carbonyl (C=O) groups excluding carboxylic acids is 2. The predicted octanol–water partition coefficient (Wildman–Crippen LogP) is 3.03. The monoisotopic (exact) mass is 430 g/mol. The highest BCUT2D eigenvalue weighted by atomic mass is 32.2. The molecular weight excluding hydrogens is 413 g/mol. The Hall–Kier alpha value is -3.08. The van der Waals surface area contributed by atoms with Crippen LogP contribution in [-0.2, 0) is 30.5 Å². The molecule has 0 heterocycles. The number of halogens is 3. The van der Waals surface area contributed by atoms with Gasteiger partial charge in [-0.15, -0.1) is 0 Å². The summed E-state index contributed by atoms with van der Waals surface area (Å²) >= 11 is 0. The second-order valence-electron chi connectivity index (χ2n) is 5.84. The summed E-state index contributed by atoms with van der Waals surface area (Å²) in [6, 6.07) is 8.56. The topological polar surface area (TPSA) is 92.8 Å². The van der Waals surface area contributed by atoms with Gasteiger partial charge in [-0.2, -0.15) is 13.2 Å². The Morgan fingerprint density at radius 3 is 2.24 bits per heavy atom. The maximum absolute atomic E-state index is 13.0. The molecule has 0 aromatic heterocycles. The average molecular weight is 430 g/mol. The Morgan fingerprint density at radius 2 is 1.72 bits per heavy atom. The normalized spacial score (nSPS) is 11.6. The molecule has 2 rings (SSSR count). The van der Waals surface area contributed by atoms with Crippen molar-refractivity contribution in [1.29, 1.82) is 0 Å². The molecule has 0 spiro atoms. The van der Waals surface area contributed by atoms with Gasteiger partial charge in [-0.25, -0.2) is 8.42 Å². The van der Waals surface area contributed by atoms with Crippen LogP contribution in [-0.4, -0.2) is 33.9 Å². The molecular formula is C18H17F3N2O5S. The molecule has 0 atom stereocenters. The Balaban J connectivity index is 2.51. The zero-order valence-electron chi connectivity index (χ0n) is 15.4. The van der Waals surface area contributed by atoms with Crippen LogP contribution in [0.2, 0.25) is 0 Å². The molecule has 2 aromatic rings. The van der Waals surface area contributed by atoms with Gasteiger partial charge in [0.25, 0.3) is 10.0 Å². The first-order valence-corrected chi connectivity index (χ1v) is 9.53. The highest BCUT2D eigenvalue weighted by Crippen LogP contribution is 2.33. The Bertz CT molecular complexity index is 1000. The van der Waals surface area contributed by atoms with E-state index in [0.29, 0.717) is 16.1 Å². The summed E-state index contributed by atoms with van der Waals surface area (Å²) in [6.45, 7) is 0.448. The smallest absolute Gasteiger partial charge is 0.416 e. The fraction of sp³-hybridized carbons (Fsp3) is 0.222. The molecule has 7 nitrogen and oxygen atoms in total. The summed E-state index contributed by atoms with van der Waals surface area (Å²) in [5.41, 5.74) is -1.09. The van der Waals surface area contributed by atoms with Gasteiger partial charge in [-0.1, -0.05) is 6.07 Å². The SMILES string of the molecule is COC(=O)CN(c1cccc(C(F)(F)F)c1)S(=O)(=O)c1ccc(NC(C)=O)cc1. The van der Waals surface area contributed by atoms with E-state index in [-0.39, 0.29) is 16.5 Å². The van der Waals surface area contributed by atoms with Crippen molar-refractivity contribution in [3.05, 3.63) is 54.1 Å². The van der Waals surface area contributed by atoms with Crippen molar-refractivity contribution >= 4 is 33.3 Å². The number of carbonyl (C=O) groups is 2. The van der Waals surface area contributed by atoms with Gasteiger partial charge in [0.05, 0.1) is 23.3 Å². The lowest BCUT2D eigenvalue weighted by atomic mass is 10.2. The summed E-state index contributed by atoms with van der Waals surface area (Å²) in [4.78, 5) is 22.5. The zero-order valence-corrected chi connectivity index (χ0v) is 16.2. The van der Waals surface area contributed by atoms with Gasteiger partial charge >= 0.3 is 12.1 Å². The van der Waals surface area contributed by atoms with Crippen LogP contribution in [0.1, 0.15) is 12.5 Å².